The maximum absolute atomic E-state index is 6.00. The quantitative estimate of drug-likeness (QED) is 0.853. The van der Waals surface area contributed by atoms with Crippen LogP contribution in [0.1, 0.15) is 28.9 Å². The molecule has 0 unspecified atom stereocenters. The van der Waals surface area contributed by atoms with Gasteiger partial charge in [-0.2, -0.15) is 0 Å². The van der Waals surface area contributed by atoms with Crippen LogP contribution in [0.2, 0.25) is 0 Å². The first-order valence-electron chi connectivity index (χ1n) is 7.68. The van der Waals surface area contributed by atoms with Gasteiger partial charge in [0.05, 0.1) is 23.4 Å². The van der Waals surface area contributed by atoms with E-state index in [-0.39, 0.29) is 0 Å². The molecule has 112 valence electrons. The fourth-order valence-electron chi connectivity index (χ4n) is 3.40. The number of hydrogen-bond donors (Lipinski definition) is 0. The van der Waals surface area contributed by atoms with Crippen molar-refractivity contribution in [1.29, 1.82) is 0 Å². The van der Waals surface area contributed by atoms with Crippen LogP contribution in [0.4, 0.5) is 0 Å². The second-order valence-electron chi connectivity index (χ2n) is 5.87. The van der Waals surface area contributed by atoms with Gasteiger partial charge in [-0.15, -0.1) is 11.3 Å². The van der Waals surface area contributed by atoms with Gasteiger partial charge in [0.2, 0.25) is 0 Å². The molecule has 3 rings (SSSR count). The minimum absolute atomic E-state index is 0.431. The molecule has 0 saturated carbocycles. The van der Waals surface area contributed by atoms with Gasteiger partial charge in [0, 0.05) is 37.1 Å². The van der Waals surface area contributed by atoms with Crippen LogP contribution >= 0.6 is 11.3 Å². The van der Waals surface area contributed by atoms with Gasteiger partial charge in [-0.3, -0.25) is 4.90 Å². The Labute approximate surface area is 125 Å². The topological polar surface area (TPSA) is 28.6 Å². The lowest BCUT2D eigenvalue weighted by Gasteiger charge is -2.46. The van der Waals surface area contributed by atoms with Crippen LogP contribution in [-0.4, -0.2) is 59.7 Å². The van der Waals surface area contributed by atoms with Crippen LogP contribution in [0, 0.1) is 13.8 Å². The van der Waals surface area contributed by atoms with Gasteiger partial charge in [0.1, 0.15) is 0 Å². The number of likely N-dealkylation sites (tertiary alicyclic amines) is 1. The summed E-state index contributed by atoms with van der Waals surface area (Å²) < 4.78 is 6.00. The van der Waals surface area contributed by atoms with Crippen molar-refractivity contribution in [3.8, 4) is 0 Å². The molecule has 4 nitrogen and oxygen atoms in total. The van der Waals surface area contributed by atoms with Crippen LogP contribution in [-0.2, 0) is 11.3 Å². The van der Waals surface area contributed by atoms with E-state index in [9.17, 15) is 0 Å². The lowest BCUT2D eigenvalue weighted by molar-refractivity contribution is -0.105. The van der Waals surface area contributed by atoms with Crippen LogP contribution in [0.15, 0.2) is 0 Å². The zero-order valence-corrected chi connectivity index (χ0v) is 13.6. The average molecular weight is 295 g/mol. The molecule has 0 amide bonds. The van der Waals surface area contributed by atoms with Crippen molar-refractivity contribution >= 4 is 11.3 Å². The molecular formula is C15H25N3OS. The number of nitrogens with zero attached hydrogens (tertiary/aromatic N) is 3. The first-order valence-corrected chi connectivity index (χ1v) is 8.50. The molecule has 0 bridgehead atoms. The van der Waals surface area contributed by atoms with Crippen molar-refractivity contribution in [2.45, 2.75) is 45.9 Å². The lowest BCUT2D eigenvalue weighted by atomic mass is 9.98. The SMILES string of the molecule is CCN1CC[C@H]2OCCN(Cc3sc(C)nc3C)[C@H]2C1. The number of thiazole rings is 1. The van der Waals surface area contributed by atoms with Gasteiger partial charge in [-0.25, -0.2) is 4.98 Å². The smallest absolute Gasteiger partial charge is 0.0900 e. The summed E-state index contributed by atoms with van der Waals surface area (Å²) >= 11 is 1.85. The van der Waals surface area contributed by atoms with Gasteiger partial charge >= 0.3 is 0 Å². The molecule has 2 aliphatic rings. The van der Waals surface area contributed by atoms with E-state index in [1.165, 1.54) is 28.5 Å². The highest BCUT2D eigenvalue weighted by molar-refractivity contribution is 7.11. The molecule has 0 radical (unpaired) electrons. The highest BCUT2D eigenvalue weighted by atomic mass is 32.1. The predicted molar refractivity (Wildman–Crippen MR) is 82.3 cm³/mol. The van der Waals surface area contributed by atoms with E-state index in [0.717, 1.165) is 32.8 Å². The molecule has 3 heterocycles. The Morgan fingerprint density at radius 2 is 2.20 bits per heavy atom. The summed E-state index contributed by atoms with van der Waals surface area (Å²) in [6.07, 6.45) is 1.61. The summed E-state index contributed by atoms with van der Waals surface area (Å²) in [6, 6.07) is 0.555. The average Bonchev–Trinajstić information content (AvgIpc) is 2.77. The fourth-order valence-corrected chi connectivity index (χ4v) is 4.36. The summed E-state index contributed by atoms with van der Waals surface area (Å²) in [5.74, 6) is 0. The van der Waals surface area contributed by atoms with Crippen LogP contribution in [0.5, 0.6) is 0 Å². The van der Waals surface area contributed by atoms with Gasteiger partial charge in [0.25, 0.3) is 0 Å². The van der Waals surface area contributed by atoms with E-state index < -0.39 is 0 Å². The molecule has 2 saturated heterocycles. The normalized spacial score (nSPS) is 28.6. The Morgan fingerprint density at radius 1 is 1.35 bits per heavy atom. The largest absolute Gasteiger partial charge is 0.375 e. The minimum Gasteiger partial charge on any atom is -0.375 e. The summed E-state index contributed by atoms with van der Waals surface area (Å²) in [4.78, 5) is 11.2. The van der Waals surface area contributed by atoms with Crippen molar-refractivity contribution in [1.82, 2.24) is 14.8 Å². The zero-order chi connectivity index (χ0) is 14.1. The van der Waals surface area contributed by atoms with Gasteiger partial charge < -0.3 is 9.64 Å². The Bertz CT molecular complexity index is 462. The number of aryl methyl sites for hydroxylation is 2. The van der Waals surface area contributed by atoms with E-state index in [0.29, 0.717) is 12.1 Å². The van der Waals surface area contributed by atoms with Gasteiger partial charge in [-0.05, 0) is 26.8 Å². The molecule has 1 aromatic heterocycles. The Kier molecular flexibility index (Phi) is 4.40. The van der Waals surface area contributed by atoms with Gasteiger partial charge in [-0.1, -0.05) is 6.92 Å². The minimum atomic E-state index is 0.431. The molecule has 0 aliphatic carbocycles. The lowest BCUT2D eigenvalue weighted by Crippen LogP contribution is -2.59. The predicted octanol–water partition coefficient (Wildman–Crippen LogP) is 2.05. The molecule has 0 N–H and O–H groups in total. The third kappa shape index (κ3) is 2.91. The summed E-state index contributed by atoms with van der Waals surface area (Å²) in [7, 11) is 0. The summed E-state index contributed by atoms with van der Waals surface area (Å²) in [5, 5.41) is 1.18. The van der Waals surface area contributed by atoms with Crippen molar-refractivity contribution in [3.63, 3.8) is 0 Å². The number of piperidine rings is 1. The second-order valence-corrected chi connectivity index (χ2v) is 7.16. The maximum atomic E-state index is 6.00. The molecule has 2 aliphatic heterocycles. The zero-order valence-electron chi connectivity index (χ0n) is 12.8. The molecular weight excluding hydrogens is 270 g/mol. The number of morpholine rings is 1. The number of hydrogen-bond acceptors (Lipinski definition) is 5. The van der Waals surface area contributed by atoms with Crippen molar-refractivity contribution < 1.29 is 4.74 Å². The molecule has 5 heteroatoms. The number of likely N-dealkylation sites (N-methyl/N-ethyl adjacent to an activating group) is 1. The first-order chi connectivity index (χ1) is 9.67. The molecule has 0 aromatic carbocycles. The Morgan fingerprint density at radius 3 is 2.90 bits per heavy atom. The molecule has 2 fully saturated rings. The summed E-state index contributed by atoms with van der Waals surface area (Å²) in [6.45, 7) is 12.9. The Hall–Kier alpha value is -0.490. The number of fused-ring (bicyclic) bond motifs is 1. The highest BCUT2D eigenvalue weighted by Gasteiger charge is 2.36. The molecule has 20 heavy (non-hydrogen) atoms. The monoisotopic (exact) mass is 295 g/mol. The fraction of sp³-hybridized carbons (Fsp3) is 0.800. The Balaban J connectivity index is 1.72. The van der Waals surface area contributed by atoms with E-state index >= 15 is 0 Å². The van der Waals surface area contributed by atoms with E-state index in [2.05, 4.69) is 35.6 Å². The van der Waals surface area contributed by atoms with Gasteiger partial charge in [0.15, 0.2) is 0 Å². The number of aromatic nitrogens is 1. The van der Waals surface area contributed by atoms with Crippen molar-refractivity contribution in [3.05, 3.63) is 15.6 Å². The third-order valence-electron chi connectivity index (χ3n) is 4.58. The number of ether oxygens (including phenoxy) is 1. The molecule has 1 aromatic rings. The van der Waals surface area contributed by atoms with E-state index in [1.54, 1.807) is 0 Å². The maximum Gasteiger partial charge on any atom is 0.0900 e. The summed E-state index contributed by atoms with van der Waals surface area (Å²) in [5.41, 5.74) is 1.21. The third-order valence-corrected chi connectivity index (χ3v) is 5.63. The van der Waals surface area contributed by atoms with Crippen molar-refractivity contribution in [2.75, 3.05) is 32.8 Å². The number of rotatable bonds is 3. The highest BCUT2D eigenvalue weighted by Crippen LogP contribution is 2.27. The van der Waals surface area contributed by atoms with Crippen LogP contribution < -0.4 is 0 Å². The van der Waals surface area contributed by atoms with E-state index in [1.807, 2.05) is 11.3 Å². The van der Waals surface area contributed by atoms with Crippen LogP contribution in [0.3, 0.4) is 0 Å². The second kappa shape index (κ2) is 6.10. The molecule has 0 spiro atoms. The van der Waals surface area contributed by atoms with E-state index in [4.69, 9.17) is 4.74 Å². The first kappa shape index (κ1) is 14.4. The van der Waals surface area contributed by atoms with Crippen molar-refractivity contribution in [2.24, 2.45) is 0 Å². The van der Waals surface area contributed by atoms with Crippen LogP contribution in [0.25, 0.3) is 0 Å². The molecule has 2 atom stereocenters. The standard InChI is InChI=1S/C15H25N3OS/c1-4-17-6-5-14-13(9-17)18(7-8-19-14)10-15-11(2)16-12(3)20-15/h13-14H,4-10H2,1-3H3/t13-,14+/m0/s1.